The third-order valence-corrected chi connectivity index (χ3v) is 4.59. The van der Waals surface area contributed by atoms with E-state index in [-0.39, 0.29) is 24.3 Å². The minimum atomic E-state index is -0.474. The van der Waals surface area contributed by atoms with Crippen molar-refractivity contribution >= 4 is 23.6 Å². The molecule has 0 aliphatic carbocycles. The second-order valence-corrected chi connectivity index (χ2v) is 6.21. The van der Waals surface area contributed by atoms with E-state index in [4.69, 9.17) is 5.73 Å². The van der Waals surface area contributed by atoms with Crippen LogP contribution in [0.5, 0.6) is 0 Å². The van der Waals surface area contributed by atoms with Crippen LogP contribution in [-0.2, 0) is 16.0 Å². The Balaban J connectivity index is 1.93. The van der Waals surface area contributed by atoms with Crippen molar-refractivity contribution in [1.29, 1.82) is 0 Å². The van der Waals surface area contributed by atoms with Crippen LogP contribution in [0, 0.1) is 6.92 Å². The van der Waals surface area contributed by atoms with E-state index in [1.165, 1.54) is 4.90 Å². The van der Waals surface area contributed by atoms with Gasteiger partial charge in [-0.3, -0.25) is 9.59 Å². The molecule has 3 rings (SSSR count). The molecular formula is C16H22N6O2. The lowest BCUT2D eigenvalue weighted by atomic mass is 10.1. The standard InChI is InChI=1S/C16H22N6O2/c1-4-5-11-10(2)18-16(17)19-14(11)21-6-7-22-12(8-21)15(24)20(3)9-13(22)23/h4,12H,1,5-9H2,2-3H3,(H2,17,18,19)/t12-/m1/s1. The smallest absolute Gasteiger partial charge is 0.247 e. The van der Waals surface area contributed by atoms with Crippen molar-refractivity contribution < 1.29 is 9.59 Å². The lowest BCUT2D eigenvalue weighted by Crippen LogP contribution is -2.66. The predicted octanol–water partition coefficient (Wildman–Crippen LogP) is -0.415. The molecule has 0 saturated carbocycles. The highest BCUT2D eigenvalue weighted by Crippen LogP contribution is 2.26. The average molecular weight is 330 g/mol. The summed E-state index contributed by atoms with van der Waals surface area (Å²) in [4.78, 5) is 38.4. The van der Waals surface area contributed by atoms with Crippen LogP contribution in [-0.4, -0.2) is 70.9 Å². The number of nitrogens with two attached hydrogens (primary N) is 1. The molecule has 3 heterocycles. The zero-order valence-corrected chi connectivity index (χ0v) is 14.0. The first-order chi connectivity index (χ1) is 11.4. The molecule has 2 aliphatic heterocycles. The summed E-state index contributed by atoms with van der Waals surface area (Å²) >= 11 is 0. The number of nitrogens with zero attached hydrogens (tertiary/aromatic N) is 5. The van der Waals surface area contributed by atoms with Gasteiger partial charge in [0.15, 0.2) is 0 Å². The van der Waals surface area contributed by atoms with Crippen molar-refractivity contribution in [3.63, 3.8) is 0 Å². The number of aryl methyl sites for hydroxylation is 1. The number of anilines is 2. The number of fused-ring (bicyclic) bond motifs is 1. The summed E-state index contributed by atoms with van der Waals surface area (Å²) in [5.41, 5.74) is 7.58. The topological polar surface area (TPSA) is 95.7 Å². The molecule has 0 radical (unpaired) electrons. The number of piperazine rings is 2. The van der Waals surface area contributed by atoms with Gasteiger partial charge in [-0.1, -0.05) is 6.08 Å². The molecule has 128 valence electrons. The molecule has 0 aromatic carbocycles. The van der Waals surface area contributed by atoms with Gasteiger partial charge < -0.3 is 20.4 Å². The number of carbonyl (C=O) groups is 2. The fourth-order valence-corrected chi connectivity index (χ4v) is 3.36. The van der Waals surface area contributed by atoms with Gasteiger partial charge in [0.05, 0.1) is 6.54 Å². The van der Waals surface area contributed by atoms with Crippen molar-refractivity contribution in [2.24, 2.45) is 0 Å². The number of hydrogen-bond donors (Lipinski definition) is 1. The molecule has 8 heteroatoms. The fourth-order valence-electron chi connectivity index (χ4n) is 3.36. The maximum atomic E-state index is 12.5. The van der Waals surface area contributed by atoms with Crippen LogP contribution in [0.25, 0.3) is 0 Å². The van der Waals surface area contributed by atoms with Crippen LogP contribution in [0.3, 0.4) is 0 Å². The third kappa shape index (κ3) is 2.68. The monoisotopic (exact) mass is 330 g/mol. The number of likely N-dealkylation sites (N-methyl/N-ethyl adjacent to an activating group) is 1. The minimum absolute atomic E-state index is 0.00792. The van der Waals surface area contributed by atoms with Gasteiger partial charge in [-0.25, -0.2) is 4.98 Å². The third-order valence-electron chi connectivity index (χ3n) is 4.59. The molecule has 2 N–H and O–H groups in total. The first kappa shape index (κ1) is 16.2. The Bertz CT molecular complexity index is 704. The Hall–Kier alpha value is -2.64. The van der Waals surface area contributed by atoms with E-state index >= 15 is 0 Å². The zero-order chi connectivity index (χ0) is 17.4. The van der Waals surface area contributed by atoms with Crippen molar-refractivity contribution in [1.82, 2.24) is 19.8 Å². The largest absolute Gasteiger partial charge is 0.368 e. The van der Waals surface area contributed by atoms with Gasteiger partial charge >= 0.3 is 0 Å². The van der Waals surface area contributed by atoms with Crippen molar-refractivity contribution in [3.05, 3.63) is 23.9 Å². The van der Waals surface area contributed by atoms with E-state index in [1.807, 2.05) is 11.8 Å². The summed E-state index contributed by atoms with van der Waals surface area (Å²) in [6.45, 7) is 7.34. The number of hydrogen-bond acceptors (Lipinski definition) is 6. The van der Waals surface area contributed by atoms with Crippen molar-refractivity contribution in [2.45, 2.75) is 19.4 Å². The summed E-state index contributed by atoms with van der Waals surface area (Å²) in [7, 11) is 1.66. The van der Waals surface area contributed by atoms with Gasteiger partial charge in [-0.05, 0) is 13.3 Å². The van der Waals surface area contributed by atoms with Crippen LogP contribution in [0.4, 0.5) is 11.8 Å². The number of aromatic nitrogens is 2. The number of nitrogen functional groups attached to an aromatic ring is 1. The fraction of sp³-hybridized carbons (Fsp3) is 0.500. The molecule has 1 aromatic heterocycles. The summed E-state index contributed by atoms with van der Waals surface area (Å²) in [5, 5.41) is 0. The van der Waals surface area contributed by atoms with Gasteiger partial charge in [0.1, 0.15) is 11.9 Å². The van der Waals surface area contributed by atoms with E-state index in [1.54, 1.807) is 18.0 Å². The van der Waals surface area contributed by atoms with Crippen molar-refractivity contribution in [3.8, 4) is 0 Å². The Kier molecular flexibility index (Phi) is 4.13. The second kappa shape index (κ2) is 6.10. The van der Waals surface area contributed by atoms with Crippen molar-refractivity contribution in [2.75, 3.05) is 43.9 Å². The minimum Gasteiger partial charge on any atom is -0.368 e. The Morgan fingerprint density at radius 2 is 2.08 bits per heavy atom. The second-order valence-electron chi connectivity index (χ2n) is 6.21. The Labute approximate surface area is 140 Å². The zero-order valence-electron chi connectivity index (χ0n) is 14.0. The Morgan fingerprint density at radius 3 is 2.79 bits per heavy atom. The quantitative estimate of drug-likeness (QED) is 0.757. The van der Waals surface area contributed by atoms with Gasteiger partial charge in [0.25, 0.3) is 0 Å². The number of carbonyl (C=O) groups excluding carboxylic acids is 2. The number of amides is 2. The lowest BCUT2D eigenvalue weighted by Gasteiger charge is -2.45. The molecule has 24 heavy (non-hydrogen) atoms. The summed E-state index contributed by atoms with van der Waals surface area (Å²) in [5.74, 6) is 0.892. The van der Waals surface area contributed by atoms with Gasteiger partial charge in [-0.15, -0.1) is 6.58 Å². The lowest BCUT2D eigenvalue weighted by molar-refractivity contribution is -0.154. The number of rotatable bonds is 3. The van der Waals surface area contributed by atoms with E-state index in [0.717, 1.165) is 17.1 Å². The highest BCUT2D eigenvalue weighted by atomic mass is 16.2. The van der Waals surface area contributed by atoms with Crippen LogP contribution < -0.4 is 10.6 Å². The Morgan fingerprint density at radius 1 is 1.33 bits per heavy atom. The highest BCUT2D eigenvalue weighted by molar-refractivity contribution is 5.95. The SMILES string of the molecule is C=CCc1c(C)nc(N)nc1N1CCN2C(=O)CN(C)C(=O)[C@H]2C1. The molecule has 8 nitrogen and oxygen atoms in total. The molecule has 1 aromatic rings. The molecule has 0 bridgehead atoms. The van der Waals surface area contributed by atoms with E-state index in [9.17, 15) is 9.59 Å². The van der Waals surface area contributed by atoms with Crippen LogP contribution in [0.15, 0.2) is 12.7 Å². The molecule has 2 fully saturated rings. The molecule has 2 aliphatic rings. The van der Waals surface area contributed by atoms with Gasteiger partial charge in [-0.2, -0.15) is 4.98 Å². The first-order valence-corrected chi connectivity index (χ1v) is 7.95. The maximum absolute atomic E-state index is 12.5. The summed E-state index contributed by atoms with van der Waals surface area (Å²) in [6.07, 6.45) is 2.42. The molecule has 1 atom stereocenters. The first-order valence-electron chi connectivity index (χ1n) is 7.95. The normalized spacial score (nSPS) is 21.1. The highest BCUT2D eigenvalue weighted by Gasteiger charge is 2.41. The average Bonchev–Trinajstić information content (AvgIpc) is 2.54. The molecule has 0 unspecified atom stereocenters. The predicted molar refractivity (Wildman–Crippen MR) is 90.4 cm³/mol. The number of allylic oxidation sites excluding steroid dienone is 1. The van der Waals surface area contributed by atoms with E-state index in [2.05, 4.69) is 16.5 Å². The maximum Gasteiger partial charge on any atom is 0.247 e. The summed E-state index contributed by atoms with van der Waals surface area (Å²) in [6, 6.07) is -0.474. The van der Waals surface area contributed by atoms with E-state index < -0.39 is 6.04 Å². The van der Waals surface area contributed by atoms with E-state index in [0.29, 0.717) is 26.1 Å². The van der Waals surface area contributed by atoms with Crippen LogP contribution in [0.1, 0.15) is 11.3 Å². The van der Waals surface area contributed by atoms with Gasteiger partial charge in [0, 0.05) is 37.9 Å². The van der Waals surface area contributed by atoms with Gasteiger partial charge in [0.2, 0.25) is 17.8 Å². The van der Waals surface area contributed by atoms with Crippen LogP contribution >= 0.6 is 0 Å². The summed E-state index contributed by atoms with van der Waals surface area (Å²) < 4.78 is 0. The molecule has 2 amide bonds. The molecular weight excluding hydrogens is 308 g/mol. The van der Waals surface area contributed by atoms with Crippen LogP contribution in [0.2, 0.25) is 0 Å². The molecule has 2 saturated heterocycles. The molecule has 0 spiro atoms.